The quantitative estimate of drug-likeness (QED) is 0.783. The van der Waals surface area contributed by atoms with Crippen molar-refractivity contribution in [2.45, 2.75) is 26.4 Å². The Kier molecular flexibility index (Phi) is 4.27. The second-order valence-corrected chi connectivity index (χ2v) is 7.27. The van der Waals surface area contributed by atoms with E-state index in [1.54, 1.807) is 11.3 Å². The average Bonchev–Trinajstić information content (AvgIpc) is 3.19. The molecule has 25 heavy (non-hydrogen) atoms. The lowest BCUT2D eigenvalue weighted by molar-refractivity contribution is -0.134. The highest BCUT2D eigenvalue weighted by molar-refractivity contribution is 7.13. The maximum Gasteiger partial charge on any atom is 0.242 e. The maximum atomic E-state index is 13.0. The topological polar surface area (TPSA) is 63.1 Å². The summed E-state index contributed by atoms with van der Waals surface area (Å²) >= 11 is 1.57. The lowest BCUT2D eigenvalue weighted by Gasteiger charge is -2.34. The maximum absolute atomic E-state index is 13.0. The lowest BCUT2D eigenvalue weighted by Crippen LogP contribution is -2.53. The van der Waals surface area contributed by atoms with E-state index in [4.69, 9.17) is 4.98 Å². The van der Waals surface area contributed by atoms with Crippen molar-refractivity contribution >= 4 is 28.3 Å². The molecule has 3 aromatic rings. The first-order valence-electron chi connectivity index (χ1n) is 8.51. The zero-order valence-corrected chi connectivity index (χ0v) is 15.2. The van der Waals surface area contributed by atoms with Crippen LogP contribution in [0.15, 0.2) is 29.8 Å². The van der Waals surface area contributed by atoms with Crippen LogP contribution >= 0.6 is 11.3 Å². The number of hydrogen-bond acceptors (Lipinski definition) is 5. The van der Waals surface area contributed by atoms with Crippen molar-refractivity contribution in [3.05, 3.63) is 35.5 Å². The Morgan fingerprint density at radius 2 is 2.24 bits per heavy atom. The molecular weight excluding hydrogens is 334 g/mol. The predicted molar refractivity (Wildman–Crippen MR) is 99.6 cm³/mol. The van der Waals surface area contributed by atoms with Crippen LogP contribution in [0.25, 0.3) is 21.7 Å². The molecule has 0 bridgehead atoms. The highest BCUT2D eigenvalue weighted by Gasteiger charge is 2.25. The fraction of sp³-hybridized carbons (Fsp3) is 0.389. The Bertz CT molecular complexity index is 915. The van der Waals surface area contributed by atoms with Gasteiger partial charge in [-0.05, 0) is 26.0 Å². The Labute approximate surface area is 150 Å². The van der Waals surface area contributed by atoms with Gasteiger partial charge in [-0.15, -0.1) is 11.3 Å². The van der Waals surface area contributed by atoms with Gasteiger partial charge in [-0.25, -0.2) is 9.97 Å². The number of nitrogens with zero attached hydrogens (tertiary/aromatic N) is 4. The van der Waals surface area contributed by atoms with Gasteiger partial charge in [0.1, 0.15) is 6.54 Å². The Morgan fingerprint density at radius 3 is 3.00 bits per heavy atom. The van der Waals surface area contributed by atoms with E-state index in [1.165, 1.54) is 0 Å². The zero-order valence-electron chi connectivity index (χ0n) is 14.4. The molecule has 0 aliphatic carbocycles. The van der Waals surface area contributed by atoms with Gasteiger partial charge >= 0.3 is 0 Å². The van der Waals surface area contributed by atoms with Gasteiger partial charge in [0.15, 0.2) is 5.82 Å². The molecule has 1 amide bonds. The second kappa shape index (κ2) is 6.57. The molecule has 3 heterocycles. The van der Waals surface area contributed by atoms with Crippen molar-refractivity contribution in [3.63, 3.8) is 0 Å². The van der Waals surface area contributed by atoms with Crippen molar-refractivity contribution in [2.24, 2.45) is 0 Å². The summed E-state index contributed by atoms with van der Waals surface area (Å²) in [7, 11) is 0. The molecule has 0 radical (unpaired) electrons. The van der Waals surface area contributed by atoms with Gasteiger partial charge in [0.25, 0.3) is 0 Å². The van der Waals surface area contributed by atoms with Gasteiger partial charge in [0, 0.05) is 25.7 Å². The number of hydrogen-bond donors (Lipinski definition) is 1. The Morgan fingerprint density at radius 1 is 1.40 bits per heavy atom. The van der Waals surface area contributed by atoms with Gasteiger partial charge < -0.3 is 14.8 Å². The molecule has 1 aliphatic heterocycles. The molecule has 1 aromatic carbocycles. The largest absolute Gasteiger partial charge is 0.336 e. The number of aromatic nitrogens is 3. The molecule has 130 valence electrons. The molecule has 2 aromatic heterocycles. The van der Waals surface area contributed by atoms with Gasteiger partial charge in [-0.3, -0.25) is 4.79 Å². The molecule has 1 saturated heterocycles. The Balaban J connectivity index is 1.75. The highest BCUT2D eigenvalue weighted by atomic mass is 32.1. The fourth-order valence-electron chi connectivity index (χ4n) is 3.36. The number of carbonyl (C=O) groups is 1. The number of benzene rings is 1. The van der Waals surface area contributed by atoms with Crippen LogP contribution < -0.4 is 5.32 Å². The zero-order chi connectivity index (χ0) is 17.4. The minimum atomic E-state index is 0.139. The third-order valence-electron chi connectivity index (χ3n) is 4.72. The number of carbonyl (C=O) groups excluding carboxylic acids is 1. The SMILES string of the molecule is Cc1ncsc1-c1nc2ccccc2n1CC(=O)N1CCNC[C@@H]1C. The number of aryl methyl sites for hydroxylation is 1. The van der Waals surface area contributed by atoms with E-state index in [0.717, 1.165) is 47.1 Å². The molecular formula is C18H21N5OS. The van der Waals surface area contributed by atoms with Gasteiger partial charge in [-0.1, -0.05) is 12.1 Å². The van der Waals surface area contributed by atoms with Crippen molar-refractivity contribution in [1.29, 1.82) is 0 Å². The second-order valence-electron chi connectivity index (χ2n) is 6.42. The van der Waals surface area contributed by atoms with Crippen LogP contribution in [0.1, 0.15) is 12.6 Å². The number of fused-ring (bicyclic) bond motifs is 1. The molecule has 4 rings (SSSR count). The third kappa shape index (κ3) is 2.94. The van der Waals surface area contributed by atoms with Crippen LogP contribution in [-0.4, -0.2) is 51.0 Å². The number of para-hydroxylation sites is 2. The van der Waals surface area contributed by atoms with Crippen LogP contribution in [0, 0.1) is 6.92 Å². The monoisotopic (exact) mass is 355 g/mol. The molecule has 0 spiro atoms. The van der Waals surface area contributed by atoms with E-state index in [-0.39, 0.29) is 11.9 Å². The predicted octanol–water partition coefficient (Wildman–Crippen LogP) is 2.29. The van der Waals surface area contributed by atoms with Crippen molar-refractivity contribution in [1.82, 2.24) is 24.8 Å². The number of amides is 1. The van der Waals surface area contributed by atoms with Gasteiger partial charge in [-0.2, -0.15) is 0 Å². The number of nitrogens with one attached hydrogen (secondary N) is 1. The van der Waals surface area contributed by atoms with E-state index >= 15 is 0 Å². The van der Waals surface area contributed by atoms with Crippen LogP contribution in [0.4, 0.5) is 0 Å². The first-order chi connectivity index (χ1) is 12.1. The first kappa shape index (κ1) is 16.2. The van der Waals surface area contributed by atoms with Crippen molar-refractivity contribution in [2.75, 3.05) is 19.6 Å². The van der Waals surface area contributed by atoms with Gasteiger partial charge in [0.2, 0.25) is 5.91 Å². The minimum Gasteiger partial charge on any atom is -0.336 e. The molecule has 1 atom stereocenters. The smallest absolute Gasteiger partial charge is 0.242 e. The standard InChI is InChI=1S/C18H21N5OS/c1-12-9-19-7-8-22(12)16(24)10-23-15-6-4-3-5-14(15)21-18(23)17-13(2)20-11-25-17/h3-6,11-12,19H,7-10H2,1-2H3/t12-/m0/s1. The number of imidazole rings is 1. The summed E-state index contributed by atoms with van der Waals surface area (Å²) in [5.74, 6) is 0.970. The summed E-state index contributed by atoms with van der Waals surface area (Å²) in [5, 5.41) is 3.33. The third-order valence-corrected chi connectivity index (χ3v) is 5.64. The molecule has 1 fully saturated rings. The molecule has 0 unspecified atom stereocenters. The first-order valence-corrected chi connectivity index (χ1v) is 9.39. The summed E-state index contributed by atoms with van der Waals surface area (Å²) in [6.07, 6.45) is 0. The fourth-order valence-corrected chi connectivity index (χ4v) is 4.16. The molecule has 7 heteroatoms. The summed E-state index contributed by atoms with van der Waals surface area (Å²) in [5.41, 5.74) is 4.67. The minimum absolute atomic E-state index is 0.139. The van der Waals surface area contributed by atoms with Gasteiger partial charge in [0.05, 0.1) is 27.1 Å². The van der Waals surface area contributed by atoms with E-state index in [0.29, 0.717) is 6.54 Å². The molecule has 6 nitrogen and oxygen atoms in total. The lowest BCUT2D eigenvalue weighted by atomic mass is 10.2. The summed E-state index contributed by atoms with van der Waals surface area (Å²) in [4.78, 5) is 25.1. The number of piperazine rings is 1. The summed E-state index contributed by atoms with van der Waals surface area (Å²) < 4.78 is 2.03. The van der Waals surface area contributed by atoms with Crippen LogP contribution in [0.5, 0.6) is 0 Å². The molecule has 0 saturated carbocycles. The van der Waals surface area contributed by atoms with Crippen molar-refractivity contribution in [3.8, 4) is 10.7 Å². The summed E-state index contributed by atoms with van der Waals surface area (Å²) in [6.45, 7) is 6.82. The van der Waals surface area contributed by atoms with E-state index in [1.807, 2.05) is 46.2 Å². The van der Waals surface area contributed by atoms with Crippen LogP contribution in [-0.2, 0) is 11.3 Å². The molecule has 1 aliphatic rings. The number of thiazole rings is 1. The highest BCUT2D eigenvalue weighted by Crippen LogP contribution is 2.30. The van der Waals surface area contributed by atoms with Crippen LogP contribution in [0.3, 0.4) is 0 Å². The van der Waals surface area contributed by atoms with Crippen molar-refractivity contribution < 1.29 is 4.79 Å². The van der Waals surface area contributed by atoms with E-state index < -0.39 is 0 Å². The van der Waals surface area contributed by atoms with Crippen LogP contribution in [0.2, 0.25) is 0 Å². The Hall–Kier alpha value is -2.25. The molecule has 1 N–H and O–H groups in total. The van der Waals surface area contributed by atoms with E-state index in [2.05, 4.69) is 17.2 Å². The average molecular weight is 355 g/mol. The van der Waals surface area contributed by atoms with E-state index in [9.17, 15) is 4.79 Å². The normalized spacial score (nSPS) is 18.0. The number of rotatable bonds is 3. The summed E-state index contributed by atoms with van der Waals surface area (Å²) in [6, 6.07) is 8.19.